The van der Waals surface area contributed by atoms with Crippen molar-refractivity contribution < 1.29 is 0 Å². The molecule has 0 radical (unpaired) electrons. The lowest BCUT2D eigenvalue weighted by Gasteiger charge is -2.29. The van der Waals surface area contributed by atoms with Crippen molar-refractivity contribution in [3.8, 4) is 33.9 Å². The molecule has 5 heteroatoms. The molecular formula is C51H41N5. The average molecular weight is 724 g/mol. The molecule has 3 aliphatic rings. The van der Waals surface area contributed by atoms with E-state index in [1.54, 1.807) is 0 Å². The van der Waals surface area contributed by atoms with E-state index < -0.39 is 0 Å². The van der Waals surface area contributed by atoms with Gasteiger partial charge in [0.2, 0.25) is 0 Å². The molecule has 270 valence electrons. The number of rotatable bonds is 6. The molecule has 0 saturated heterocycles. The van der Waals surface area contributed by atoms with E-state index in [2.05, 4.69) is 185 Å². The number of hydrogen-bond donors (Lipinski definition) is 0. The van der Waals surface area contributed by atoms with Gasteiger partial charge in [0.15, 0.2) is 11.6 Å². The van der Waals surface area contributed by atoms with Gasteiger partial charge in [-0.3, -0.25) is 0 Å². The van der Waals surface area contributed by atoms with Crippen molar-refractivity contribution in [1.29, 1.82) is 0 Å². The highest BCUT2D eigenvalue weighted by atomic mass is 15.6. The fraction of sp³-hybridized carbons (Fsp3) is 0.137. The van der Waals surface area contributed by atoms with Crippen LogP contribution in [0.5, 0.6) is 0 Å². The molecule has 2 atom stereocenters. The molecule has 0 saturated carbocycles. The van der Waals surface area contributed by atoms with Crippen molar-refractivity contribution in [3.63, 3.8) is 0 Å². The maximum Gasteiger partial charge on any atom is 0.183 e. The Morgan fingerprint density at radius 3 is 2.21 bits per heavy atom. The standard InChI is InChI=1S/C51H41N5/c1-34-28-31-46-45(32-34)43-30-29-42-41-25-13-14-27-47(41)55(49(42)48(43)54(46)39-23-15-22-38(33-39)35-16-5-2-6-17-35)56-51(52-50(53-56)37-20-9-4-10-21-37)44-26-12-11-24-40(44)36-18-7-3-8-19-36/h3-5,7-27,29-31,33-34,45H,2,6,28,32H2,1H3. The molecule has 3 heterocycles. The van der Waals surface area contributed by atoms with Crippen LogP contribution >= 0.6 is 0 Å². The maximum atomic E-state index is 5.46. The molecule has 6 aromatic carbocycles. The van der Waals surface area contributed by atoms with Crippen LogP contribution in [0, 0.1) is 5.92 Å². The summed E-state index contributed by atoms with van der Waals surface area (Å²) in [6, 6.07) is 52.3. The molecule has 2 aliphatic carbocycles. The third-order valence-corrected chi connectivity index (χ3v) is 11.9. The quantitative estimate of drug-likeness (QED) is 0.171. The van der Waals surface area contributed by atoms with Gasteiger partial charge in [-0.15, -0.1) is 9.89 Å². The van der Waals surface area contributed by atoms with Crippen LogP contribution in [-0.2, 0) is 0 Å². The molecular weight excluding hydrogens is 683 g/mol. The highest BCUT2D eigenvalue weighted by Crippen LogP contribution is 2.56. The number of allylic oxidation sites excluding steroid dienone is 6. The third-order valence-electron chi connectivity index (χ3n) is 11.9. The SMILES string of the molecule is CC1CC=C2C(C1)c1ccc3c4ccccc4n(-n4nc(-c5ccccc5)nc4-c4ccccc4-c4ccccc4)c3c1N2c1cccc(C2=CCCC=C2)c1. The van der Waals surface area contributed by atoms with Crippen LogP contribution in [0.4, 0.5) is 11.4 Å². The molecule has 0 spiro atoms. The van der Waals surface area contributed by atoms with Crippen LogP contribution < -0.4 is 4.90 Å². The number of benzene rings is 6. The van der Waals surface area contributed by atoms with Gasteiger partial charge in [0, 0.05) is 39.2 Å². The average Bonchev–Trinajstić information content (AvgIpc) is 3.95. The minimum atomic E-state index is 0.302. The molecule has 2 aromatic heterocycles. The van der Waals surface area contributed by atoms with E-state index in [1.165, 1.54) is 44.5 Å². The van der Waals surface area contributed by atoms with E-state index in [1.807, 2.05) is 6.07 Å². The van der Waals surface area contributed by atoms with Crippen molar-refractivity contribution in [2.75, 3.05) is 4.90 Å². The summed E-state index contributed by atoms with van der Waals surface area (Å²) in [7, 11) is 0. The Morgan fingerprint density at radius 1 is 0.643 bits per heavy atom. The van der Waals surface area contributed by atoms with E-state index >= 15 is 0 Å². The summed E-state index contributed by atoms with van der Waals surface area (Å²) in [5, 5.41) is 7.84. The van der Waals surface area contributed by atoms with Crippen molar-refractivity contribution in [2.24, 2.45) is 5.92 Å². The number of nitrogens with zero attached hydrogens (tertiary/aromatic N) is 5. The van der Waals surface area contributed by atoms with Crippen molar-refractivity contribution in [3.05, 3.63) is 187 Å². The van der Waals surface area contributed by atoms with Gasteiger partial charge in [-0.05, 0) is 77.6 Å². The van der Waals surface area contributed by atoms with Gasteiger partial charge in [0.25, 0.3) is 0 Å². The minimum Gasteiger partial charge on any atom is -0.311 e. The largest absolute Gasteiger partial charge is 0.311 e. The van der Waals surface area contributed by atoms with Crippen LogP contribution in [0.1, 0.15) is 49.7 Å². The van der Waals surface area contributed by atoms with Gasteiger partial charge in [0.1, 0.15) is 0 Å². The second kappa shape index (κ2) is 13.2. The lowest BCUT2D eigenvalue weighted by atomic mass is 9.83. The molecule has 5 nitrogen and oxygen atoms in total. The zero-order valence-electron chi connectivity index (χ0n) is 31.4. The van der Waals surface area contributed by atoms with Crippen LogP contribution in [0.3, 0.4) is 0 Å². The van der Waals surface area contributed by atoms with Crippen LogP contribution in [0.2, 0.25) is 0 Å². The summed E-state index contributed by atoms with van der Waals surface area (Å²) < 4.78 is 2.35. The molecule has 2 unspecified atom stereocenters. The summed E-state index contributed by atoms with van der Waals surface area (Å²) in [5.41, 5.74) is 14.2. The highest BCUT2D eigenvalue weighted by Gasteiger charge is 2.40. The molecule has 8 aromatic rings. The van der Waals surface area contributed by atoms with Gasteiger partial charge in [-0.1, -0.05) is 159 Å². The third kappa shape index (κ3) is 5.22. The predicted octanol–water partition coefficient (Wildman–Crippen LogP) is 13.0. The van der Waals surface area contributed by atoms with Crippen LogP contribution in [0.25, 0.3) is 61.3 Å². The number of hydrogen-bond acceptors (Lipinski definition) is 3. The van der Waals surface area contributed by atoms with Gasteiger partial charge >= 0.3 is 0 Å². The van der Waals surface area contributed by atoms with E-state index in [0.717, 1.165) is 64.8 Å². The Morgan fingerprint density at radius 2 is 1.39 bits per heavy atom. The van der Waals surface area contributed by atoms with Crippen molar-refractivity contribution >= 4 is 38.8 Å². The molecule has 0 bridgehead atoms. The first-order valence-electron chi connectivity index (χ1n) is 19.9. The molecule has 0 fully saturated rings. The Hall–Kier alpha value is -6.72. The Bertz CT molecular complexity index is 2890. The monoisotopic (exact) mass is 723 g/mol. The van der Waals surface area contributed by atoms with E-state index in [4.69, 9.17) is 10.1 Å². The molecule has 0 N–H and O–H groups in total. The topological polar surface area (TPSA) is 38.9 Å². The zero-order valence-corrected chi connectivity index (χ0v) is 31.4. The van der Waals surface area contributed by atoms with E-state index in [9.17, 15) is 0 Å². The minimum absolute atomic E-state index is 0.302. The Labute approximate surface area is 327 Å². The molecule has 1 aliphatic heterocycles. The molecule has 11 rings (SSSR count). The van der Waals surface area contributed by atoms with Gasteiger partial charge in [-0.25, -0.2) is 9.66 Å². The maximum absolute atomic E-state index is 5.46. The fourth-order valence-corrected chi connectivity index (χ4v) is 9.29. The summed E-state index contributed by atoms with van der Waals surface area (Å²) in [5.74, 6) is 2.38. The summed E-state index contributed by atoms with van der Waals surface area (Å²) in [6.07, 6.45) is 13.8. The lowest BCUT2D eigenvalue weighted by molar-refractivity contribution is 0.479. The van der Waals surface area contributed by atoms with Crippen molar-refractivity contribution in [1.82, 2.24) is 19.5 Å². The highest BCUT2D eigenvalue weighted by molar-refractivity contribution is 6.14. The summed E-state index contributed by atoms with van der Waals surface area (Å²) >= 11 is 0. The van der Waals surface area contributed by atoms with E-state index in [-0.39, 0.29) is 0 Å². The van der Waals surface area contributed by atoms with Gasteiger partial charge in [-0.2, -0.15) is 0 Å². The van der Waals surface area contributed by atoms with Gasteiger partial charge < -0.3 is 4.90 Å². The second-order valence-electron chi connectivity index (χ2n) is 15.4. The van der Waals surface area contributed by atoms with Crippen LogP contribution in [0.15, 0.2) is 176 Å². The smallest absolute Gasteiger partial charge is 0.183 e. The normalized spacial score (nSPS) is 17.6. The Kier molecular flexibility index (Phi) is 7.73. The number of aromatic nitrogens is 4. The molecule has 56 heavy (non-hydrogen) atoms. The second-order valence-corrected chi connectivity index (χ2v) is 15.4. The number of anilines is 2. The first kappa shape index (κ1) is 32.7. The number of para-hydroxylation sites is 1. The fourth-order valence-electron chi connectivity index (χ4n) is 9.29. The predicted molar refractivity (Wildman–Crippen MR) is 231 cm³/mol. The van der Waals surface area contributed by atoms with Crippen molar-refractivity contribution in [2.45, 2.75) is 38.5 Å². The summed E-state index contributed by atoms with van der Waals surface area (Å²) in [4.78, 5) is 10.1. The molecule has 0 amide bonds. The number of fused-ring (bicyclic) bond motifs is 7. The summed E-state index contributed by atoms with van der Waals surface area (Å²) in [6.45, 7) is 2.39. The first-order chi connectivity index (χ1) is 27.7. The lowest BCUT2D eigenvalue weighted by Crippen LogP contribution is -2.19. The first-order valence-corrected chi connectivity index (χ1v) is 19.9. The van der Waals surface area contributed by atoms with Gasteiger partial charge in [0.05, 0.1) is 16.7 Å². The van der Waals surface area contributed by atoms with Crippen LogP contribution in [-0.4, -0.2) is 19.5 Å². The Balaban J connectivity index is 1.23. The zero-order chi connectivity index (χ0) is 37.2. The van der Waals surface area contributed by atoms with E-state index in [0.29, 0.717) is 17.7 Å².